The fourth-order valence-electron chi connectivity index (χ4n) is 3.61. The third-order valence-electron chi connectivity index (χ3n) is 5.43. The largest absolute Gasteiger partial charge is 0.485 e. The Labute approximate surface area is 204 Å². The Morgan fingerprint density at radius 1 is 0.941 bits per heavy atom. The van der Waals surface area contributed by atoms with Gasteiger partial charge in [0, 0.05) is 12.2 Å². The molecule has 4 aromatic rings. The summed E-state index contributed by atoms with van der Waals surface area (Å²) < 4.78 is 8.11. The topological polar surface area (TPSA) is 69.0 Å². The number of carbonyl (C=O) groups is 1. The number of thioether (sulfide) groups is 1. The maximum absolute atomic E-state index is 12.7. The van der Waals surface area contributed by atoms with E-state index in [1.54, 1.807) is 0 Å². The van der Waals surface area contributed by atoms with Gasteiger partial charge < -0.3 is 10.1 Å². The second kappa shape index (κ2) is 11.0. The fourth-order valence-corrected chi connectivity index (χ4v) is 4.52. The van der Waals surface area contributed by atoms with E-state index in [9.17, 15) is 4.79 Å². The second-order valence-electron chi connectivity index (χ2n) is 8.04. The zero-order valence-electron chi connectivity index (χ0n) is 19.6. The van der Waals surface area contributed by atoms with E-state index in [4.69, 9.17) is 4.74 Å². The Kier molecular flexibility index (Phi) is 7.65. The normalized spacial score (nSPS) is 11.7. The van der Waals surface area contributed by atoms with Crippen molar-refractivity contribution in [2.45, 2.75) is 44.3 Å². The Morgan fingerprint density at radius 3 is 2.26 bits per heavy atom. The van der Waals surface area contributed by atoms with E-state index in [0.717, 1.165) is 28.1 Å². The third-order valence-corrected chi connectivity index (χ3v) is 6.47. The molecule has 6 nitrogen and oxygen atoms in total. The number of hydrogen-bond donors (Lipinski definition) is 1. The van der Waals surface area contributed by atoms with Gasteiger partial charge in [-0.25, -0.2) is 0 Å². The molecule has 1 aromatic heterocycles. The van der Waals surface area contributed by atoms with Crippen molar-refractivity contribution >= 4 is 17.7 Å². The highest BCUT2D eigenvalue weighted by Gasteiger charge is 2.21. The van der Waals surface area contributed by atoms with Crippen molar-refractivity contribution in [2.75, 3.05) is 0 Å². The lowest BCUT2D eigenvalue weighted by molar-refractivity contribution is -0.120. The summed E-state index contributed by atoms with van der Waals surface area (Å²) in [5, 5.41) is 12.1. The van der Waals surface area contributed by atoms with Crippen LogP contribution < -0.4 is 10.1 Å². The highest BCUT2D eigenvalue weighted by atomic mass is 32.2. The summed E-state index contributed by atoms with van der Waals surface area (Å²) in [5.41, 5.74) is 4.13. The molecular weight excluding hydrogens is 444 g/mol. The van der Waals surface area contributed by atoms with Gasteiger partial charge in [-0.2, -0.15) is 0 Å². The number of benzene rings is 3. The summed E-state index contributed by atoms with van der Waals surface area (Å²) in [6, 6.07) is 25.8. The molecule has 0 aliphatic rings. The number of nitrogens with one attached hydrogen (secondary N) is 1. The van der Waals surface area contributed by atoms with E-state index in [-0.39, 0.29) is 17.8 Å². The molecular formula is C27H28N4O2S. The van der Waals surface area contributed by atoms with Crippen LogP contribution >= 0.6 is 11.8 Å². The molecule has 0 aliphatic carbocycles. The standard InChI is InChI=1S/C27H28N4O2S/c1-19-11-10-12-20(2)25(19)33-18-24-29-30-27(31(24)23-15-8-5-9-16-23)34-21(3)26(32)28-17-22-13-6-4-7-14-22/h4-16,21H,17-18H2,1-3H3,(H,28,32). The van der Waals surface area contributed by atoms with Crippen molar-refractivity contribution < 1.29 is 9.53 Å². The number of rotatable bonds is 9. The summed E-state index contributed by atoms with van der Waals surface area (Å²) in [5.74, 6) is 1.48. The van der Waals surface area contributed by atoms with Gasteiger partial charge >= 0.3 is 0 Å². The maximum Gasteiger partial charge on any atom is 0.233 e. The molecule has 0 spiro atoms. The highest BCUT2D eigenvalue weighted by Crippen LogP contribution is 2.28. The van der Waals surface area contributed by atoms with Crippen LogP contribution in [0.3, 0.4) is 0 Å². The minimum Gasteiger partial charge on any atom is -0.485 e. The summed E-state index contributed by atoms with van der Waals surface area (Å²) in [4.78, 5) is 12.7. The number of para-hydroxylation sites is 2. The second-order valence-corrected chi connectivity index (χ2v) is 9.35. The molecule has 1 amide bonds. The van der Waals surface area contributed by atoms with Crippen molar-refractivity contribution in [1.82, 2.24) is 20.1 Å². The van der Waals surface area contributed by atoms with Crippen LogP contribution in [0, 0.1) is 13.8 Å². The summed E-state index contributed by atoms with van der Waals surface area (Å²) >= 11 is 1.38. The van der Waals surface area contributed by atoms with Crippen LogP contribution in [0.1, 0.15) is 29.4 Å². The van der Waals surface area contributed by atoms with E-state index in [1.807, 2.05) is 104 Å². The van der Waals surface area contributed by atoms with Gasteiger partial charge in [-0.1, -0.05) is 78.5 Å². The molecule has 1 N–H and O–H groups in total. The van der Waals surface area contributed by atoms with Crippen LogP contribution in [-0.2, 0) is 17.9 Å². The highest BCUT2D eigenvalue weighted by molar-refractivity contribution is 8.00. The van der Waals surface area contributed by atoms with Crippen molar-refractivity contribution in [3.63, 3.8) is 0 Å². The first-order chi connectivity index (χ1) is 16.5. The molecule has 1 atom stereocenters. The molecule has 4 rings (SSSR count). The van der Waals surface area contributed by atoms with Crippen LogP contribution in [0.5, 0.6) is 5.75 Å². The van der Waals surface area contributed by atoms with Gasteiger partial charge in [0.25, 0.3) is 0 Å². The lowest BCUT2D eigenvalue weighted by Crippen LogP contribution is -2.30. The number of aromatic nitrogens is 3. The Balaban J connectivity index is 1.52. The molecule has 0 aliphatic heterocycles. The Morgan fingerprint density at radius 2 is 1.59 bits per heavy atom. The predicted octanol–water partition coefficient (Wildman–Crippen LogP) is 5.26. The first-order valence-electron chi connectivity index (χ1n) is 11.2. The van der Waals surface area contributed by atoms with E-state index < -0.39 is 0 Å². The molecule has 174 valence electrons. The number of nitrogens with zero attached hydrogens (tertiary/aromatic N) is 3. The molecule has 7 heteroatoms. The first-order valence-corrected chi connectivity index (χ1v) is 12.1. The molecule has 0 bridgehead atoms. The van der Waals surface area contributed by atoms with Gasteiger partial charge in [0.15, 0.2) is 11.0 Å². The van der Waals surface area contributed by atoms with Gasteiger partial charge in [-0.3, -0.25) is 9.36 Å². The van der Waals surface area contributed by atoms with Crippen LogP contribution in [0.4, 0.5) is 0 Å². The molecule has 3 aromatic carbocycles. The smallest absolute Gasteiger partial charge is 0.233 e. The van der Waals surface area contributed by atoms with Crippen molar-refractivity contribution in [2.24, 2.45) is 0 Å². The maximum atomic E-state index is 12.7. The van der Waals surface area contributed by atoms with E-state index >= 15 is 0 Å². The lowest BCUT2D eigenvalue weighted by atomic mass is 10.1. The number of ether oxygens (including phenoxy) is 1. The van der Waals surface area contributed by atoms with Gasteiger partial charge in [0.1, 0.15) is 12.4 Å². The van der Waals surface area contributed by atoms with Crippen LogP contribution in [0.25, 0.3) is 5.69 Å². The number of aryl methyl sites for hydroxylation is 2. The molecule has 1 unspecified atom stereocenters. The summed E-state index contributed by atoms with van der Waals surface area (Å²) in [6.07, 6.45) is 0. The van der Waals surface area contributed by atoms with Crippen LogP contribution in [-0.4, -0.2) is 25.9 Å². The molecule has 0 saturated carbocycles. The third kappa shape index (κ3) is 5.66. The summed E-state index contributed by atoms with van der Waals surface area (Å²) in [7, 11) is 0. The van der Waals surface area contributed by atoms with Crippen LogP contribution in [0.2, 0.25) is 0 Å². The monoisotopic (exact) mass is 472 g/mol. The van der Waals surface area contributed by atoms with Gasteiger partial charge in [-0.05, 0) is 49.6 Å². The minimum atomic E-state index is -0.345. The molecule has 0 saturated heterocycles. The average molecular weight is 473 g/mol. The Hall–Kier alpha value is -3.58. The molecule has 1 heterocycles. The van der Waals surface area contributed by atoms with E-state index in [1.165, 1.54) is 11.8 Å². The molecule has 0 radical (unpaired) electrons. The average Bonchev–Trinajstić information content (AvgIpc) is 3.25. The number of amides is 1. The molecule has 34 heavy (non-hydrogen) atoms. The zero-order valence-corrected chi connectivity index (χ0v) is 20.4. The Bertz CT molecular complexity index is 1220. The molecule has 0 fully saturated rings. The first kappa shape index (κ1) is 23.6. The van der Waals surface area contributed by atoms with Gasteiger partial charge in [0.05, 0.1) is 5.25 Å². The van der Waals surface area contributed by atoms with Crippen molar-refractivity contribution in [3.05, 3.63) is 101 Å². The number of carbonyl (C=O) groups excluding carboxylic acids is 1. The number of hydrogen-bond acceptors (Lipinski definition) is 5. The van der Waals surface area contributed by atoms with E-state index in [2.05, 4.69) is 15.5 Å². The van der Waals surface area contributed by atoms with E-state index in [0.29, 0.717) is 17.5 Å². The van der Waals surface area contributed by atoms with Crippen molar-refractivity contribution in [3.8, 4) is 11.4 Å². The quantitative estimate of drug-likeness (QED) is 0.337. The van der Waals surface area contributed by atoms with Crippen LogP contribution in [0.15, 0.2) is 84.0 Å². The zero-order chi connectivity index (χ0) is 23.9. The summed E-state index contributed by atoms with van der Waals surface area (Å²) in [6.45, 7) is 6.69. The predicted molar refractivity (Wildman–Crippen MR) is 135 cm³/mol. The lowest BCUT2D eigenvalue weighted by Gasteiger charge is -2.15. The van der Waals surface area contributed by atoms with Gasteiger partial charge in [0.2, 0.25) is 5.91 Å². The van der Waals surface area contributed by atoms with Crippen molar-refractivity contribution in [1.29, 1.82) is 0 Å². The van der Waals surface area contributed by atoms with Gasteiger partial charge in [-0.15, -0.1) is 10.2 Å². The fraction of sp³-hybridized carbons (Fsp3) is 0.222. The minimum absolute atomic E-state index is 0.0511. The SMILES string of the molecule is Cc1cccc(C)c1OCc1nnc(SC(C)C(=O)NCc2ccccc2)n1-c1ccccc1.